The van der Waals surface area contributed by atoms with Crippen LogP contribution in [0.1, 0.15) is 22.3 Å². The maximum atomic E-state index is 13.7. The number of fused-ring (bicyclic) bond motifs is 3. The summed E-state index contributed by atoms with van der Waals surface area (Å²) in [4.78, 5) is 28.9. The molecule has 2 aliphatic heterocycles. The van der Waals surface area contributed by atoms with E-state index in [9.17, 15) is 4.79 Å². The Kier molecular flexibility index (Phi) is 5.17. The number of hydrogen-bond acceptors (Lipinski definition) is 6. The van der Waals surface area contributed by atoms with Gasteiger partial charge in [0.1, 0.15) is 5.82 Å². The molecule has 1 amide bonds. The van der Waals surface area contributed by atoms with E-state index in [1.54, 1.807) is 12.4 Å². The van der Waals surface area contributed by atoms with E-state index >= 15 is 0 Å². The first-order chi connectivity index (χ1) is 16.5. The molecule has 2 atom stereocenters. The molecule has 0 spiro atoms. The largest absolute Gasteiger partial charge is 0.355 e. The van der Waals surface area contributed by atoms with Gasteiger partial charge in [0.2, 0.25) is 0 Å². The van der Waals surface area contributed by atoms with Gasteiger partial charge in [-0.2, -0.15) is 15.0 Å². The fourth-order valence-corrected chi connectivity index (χ4v) is 5.52. The van der Waals surface area contributed by atoms with E-state index in [1.165, 1.54) is 4.80 Å². The van der Waals surface area contributed by atoms with Crippen molar-refractivity contribution in [2.75, 3.05) is 31.1 Å². The summed E-state index contributed by atoms with van der Waals surface area (Å²) in [6.45, 7) is 5.11. The standard InChI is InChI=1S/C25H24ClN7O/c1-16-3-2-4-22(33-28-7-8-29-33)24(16)25(34)32-14-17-9-18(15-32)13-31(12-17)23-11-27-20-6-5-19(26)10-21(20)30-23/h2-8,10-11,17-18H,9,12-15H2,1H3. The third-order valence-electron chi connectivity index (χ3n) is 6.78. The summed E-state index contributed by atoms with van der Waals surface area (Å²) in [6.07, 6.45) is 6.21. The van der Waals surface area contributed by atoms with Crippen LogP contribution in [0.2, 0.25) is 5.02 Å². The Morgan fingerprint density at radius 2 is 1.76 bits per heavy atom. The lowest BCUT2D eigenvalue weighted by Crippen LogP contribution is -2.54. The zero-order valence-electron chi connectivity index (χ0n) is 18.8. The second-order valence-electron chi connectivity index (χ2n) is 9.23. The minimum atomic E-state index is 0.0497. The van der Waals surface area contributed by atoms with Gasteiger partial charge in [-0.1, -0.05) is 23.7 Å². The number of hydrogen-bond donors (Lipinski definition) is 0. The molecule has 4 heterocycles. The van der Waals surface area contributed by atoms with E-state index in [4.69, 9.17) is 16.6 Å². The lowest BCUT2D eigenvalue weighted by atomic mass is 9.84. The Labute approximate surface area is 202 Å². The van der Waals surface area contributed by atoms with Crippen molar-refractivity contribution >= 4 is 34.4 Å². The van der Waals surface area contributed by atoms with Crippen molar-refractivity contribution in [3.63, 3.8) is 0 Å². The number of amides is 1. The second kappa shape index (κ2) is 8.36. The average Bonchev–Trinajstić information content (AvgIpc) is 3.37. The summed E-state index contributed by atoms with van der Waals surface area (Å²) in [6, 6.07) is 11.4. The van der Waals surface area contributed by atoms with Crippen LogP contribution in [0.15, 0.2) is 55.0 Å². The number of nitrogens with zero attached hydrogens (tertiary/aromatic N) is 7. The summed E-state index contributed by atoms with van der Waals surface area (Å²) in [5.41, 5.74) is 3.97. The van der Waals surface area contributed by atoms with Gasteiger partial charge < -0.3 is 9.80 Å². The van der Waals surface area contributed by atoms with Crippen LogP contribution in [-0.2, 0) is 0 Å². The van der Waals surface area contributed by atoms with Gasteiger partial charge in [0.15, 0.2) is 0 Å². The summed E-state index contributed by atoms with van der Waals surface area (Å²) in [5.74, 6) is 1.68. The number of piperidine rings is 2. The number of halogens is 1. The van der Waals surface area contributed by atoms with E-state index in [1.807, 2.05) is 54.4 Å². The van der Waals surface area contributed by atoms with E-state index in [0.717, 1.165) is 60.7 Å². The number of carbonyl (C=O) groups is 1. The van der Waals surface area contributed by atoms with Crippen molar-refractivity contribution < 1.29 is 4.79 Å². The molecule has 4 aromatic rings. The molecule has 2 bridgehead atoms. The van der Waals surface area contributed by atoms with Crippen LogP contribution in [-0.4, -0.2) is 61.9 Å². The van der Waals surface area contributed by atoms with Crippen LogP contribution >= 0.6 is 11.6 Å². The first kappa shape index (κ1) is 21.0. The van der Waals surface area contributed by atoms with Gasteiger partial charge in [0.25, 0.3) is 5.91 Å². The average molecular weight is 474 g/mol. The first-order valence-electron chi connectivity index (χ1n) is 11.5. The van der Waals surface area contributed by atoms with Crippen molar-refractivity contribution in [2.24, 2.45) is 11.8 Å². The molecule has 2 aromatic heterocycles. The van der Waals surface area contributed by atoms with Crippen molar-refractivity contribution in [1.82, 2.24) is 29.9 Å². The molecule has 2 saturated heterocycles. The zero-order chi connectivity index (χ0) is 23.2. The van der Waals surface area contributed by atoms with Crippen LogP contribution in [0.5, 0.6) is 0 Å². The number of rotatable bonds is 3. The van der Waals surface area contributed by atoms with Gasteiger partial charge in [0.05, 0.1) is 40.9 Å². The molecule has 2 fully saturated rings. The van der Waals surface area contributed by atoms with Gasteiger partial charge in [-0.15, -0.1) is 0 Å². The quantitative estimate of drug-likeness (QED) is 0.450. The van der Waals surface area contributed by atoms with Gasteiger partial charge in [-0.3, -0.25) is 9.78 Å². The Bertz CT molecular complexity index is 1360. The second-order valence-corrected chi connectivity index (χ2v) is 9.67. The van der Waals surface area contributed by atoms with Gasteiger partial charge in [-0.25, -0.2) is 4.98 Å². The van der Waals surface area contributed by atoms with Crippen LogP contribution in [0, 0.1) is 18.8 Å². The number of aromatic nitrogens is 5. The molecule has 0 radical (unpaired) electrons. The van der Waals surface area contributed by atoms with E-state index in [0.29, 0.717) is 22.4 Å². The highest BCUT2D eigenvalue weighted by Gasteiger charge is 2.37. The maximum Gasteiger partial charge on any atom is 0.256 e. The first-order valence-corrected chi connectivity index (χ1v) is 11.9. The van der Waals surface area contributed by atoms with E-state index in [-0.39, 0.29) is 5.91 Å². The molecular formula is C25H24ClN7O. The van der Waals surface area contributed by atoms with Crippen LogP contribution in [0.3, 0.4) is 0 Å². The Hall–Kier alpha value is -3.52. The summed E-state index contributed by atoms with van der Waals surface area (Å²) < 4.78 is 0. The molecule has 2 unspecified atom stereocenters. The van der Waals surface area contributed by atoms with Gasteiger partial charge in [-0.05, 0) is 55.0 Å². The molecule has 6 rings (SSSR count). The van der Waals surface area contributed by atoms with Gasteiger partial charge >= 0.3 is 0 Å². The summed E-state index contributed by atoms with van der Waals surface area (Å²) in [5, 5.41) is 9.16. The number of aryl methyl sites for hydroxylation is 1. The fraction of sp³-hybridized carbons (Fsp3) is 0.320. The minimum Gasteiger partial charge on any atom is -0.355 e. The molecule has 172 valence electrons. The van der Waals surface area contributed by atoms with Crippen LogP contribution in [0.4, 0.5) is 5.82 Å². The normalized spacial score (nSPS) is 20.1. The van der Waals surface area contributed by atoms with Crippen LogP contribution in [0.25, 0.3) is 16.7 Å². The molecule has 0 saturated carbocycles. The van der Waals surface area contributed by atoms with Gasteiger partial charge in [0, 0.05) is 31.2 Å². The van der Waals surface area contributed by atoms with Crippen LogP contribution < -0.4 is 4.90 Å². The third kappa shape index (κ3) is 3.77. The lowest BCUT2D eigenvalue weighted by Gasteiger charge is -2.46. The fourth-order valence-electron chi connectivity index (χ4n) is 5.36. The molecule has 2 aromatic carbocycles. The Morgan fingerprint density at radius 1 is 1.00 bits per heavy atom. The minimum absolute atomic E-state index is 0.0497. The number of benzene rings is 2. The zero-order valence-corrected chi connectivity index (χ0v) is 19.6. The highest BCUT2D eigenvalue weighted by Crippen LogP contribution is 2.33. The predicted octanol–water partition coefficient (Wildman–Crippen LogP) is 3.77. The highest BCUT2D eigenvalue weighted by atomic mass is 35.5. The molecular weight excluding hydrogens is 450 g/mol. The van der Waals surface area contributed by atoms with Crippen molar-refractivity contribution in [1.29, 1.82) is 0 Å². The maximum absolute atomic E-state index is 13.7. The highest BCUT2D eigenvalue weighted by molar-refractivity contribution is 6.31. The number of anilines is 1. The van der Waals surface area contributed by atoms with E-state index in [2.05, 4.69) is 20.1 Å². The molecule has 34 heavy (non-hydrogen) atoms. The molecule has 9 heteroatoms. The Balaban J connectivity index is 1.23. The molecule has 0 aliphatic carbocycles. The van der Waals surface area contributed by atoms with Crippen molar-refractivity contribution in [3.05, 3.63) is 71.1 Å². The summed E-state index contributed by atoms with van der Waals surface area (Å²) in [7, 11) is 0. The Morgan fingerprint density at radius 3 is 2.53 bits per heavy atom. The SMILES string of the molecule is Cc1cccc(-n2nccn2)c1C(=O)N1CC2CC(C1)CN(c1cnc3ccc(Cl)cc3n1)C2. The van der Waals surface area contributed by atoms with Crippen molar-refractivity contribution in [3.8, 4) is 5.69 Å². The van der Waals surface area contributed by atoms with Crippen molar-refractivity contribution in [2.45, 2.75) is 13.3 Å². The summed E-state index contributed by atoms with van der Waals surface area (Å²) >= 11 is 6.16. The predicted molar refractivity (Wildman–Crippen MR) is 130 cm³/mol. The van der Waals surface area contributed by atoms with E-state index < -0.39 is 0 Å². The molecule has 2 aliphatic rings. The monoisotopic (exact) mass is 473 g/mol. The topological polar surface area (TPSA) is 80.0 Å². The number of carbonyl (C=O) groups excluding carboxylic acids is 1. The molecule has 8 nitrogen and oxygen atoms in total. The smallest absolute Gasteiger partial charge is 0.256 e. The lowest BCUT2D eigenvalue weighted by molar-refractivity contribution is 0.0563. The molecule has 0 N–H and O–H groups in total. The number of likely N-dealkylation sites (tertiary alicyclic amines) is 1. The third-order valence-corrected chi connectivity index (χ3v) is 7.02.